The maximum Gasteiger partial charge on any atom is 0.204 e. The van der Waals surface area contributed by atoms with Crippen LogP contribution in [0.2, 0.25) is 0 Å². The van der Waals surface area contributed by atoms with E-state index in [0.717, 1.165) is 0 Å². The zero-order chi connectivity index (χ0) is 12.8. The number of carbonyl (C=O) groups is 1. The van der Waals surface area contributed by atoms with Gasteiger partial charge < -0.3 is 5.73 Å². The smallest absolute Gasteiger partial charge is 0.204 e. The summed E-state index contributed by atoms with van der Waals surface area (Å²) in [6, 6.07) is 8.83. The van der Waals surface area contributed by atoms with Crippen LogP contribution in [-0.2, 0) is 11.2 Å². The van der Waals surface area contributed by atoms with Gasteiger partial charge in [0.15, 0.2) is 0 Å². The van der Waals surface area contributed by atoms with Gasteiger partial charge in [0.25, 0.3) is 0 Å². The molecule has 0 spiro atoms. The van der Waals surface area contributed by atoms with E-state index in [9.17, 15) is 0 Å². The molecular weight excluding hydrogens is 198 g/mol. The highest BCUT2D eigenvalue weighted by molar-refractivity contribution is 5.42. The van der Waals surface area contributed by atoms with E-state index < -0.39 is 0 Å². The normalized spacial score (nSPS) is 8.00. The molecule has 0 saturated heterocycles. The van der Waals surface area contributed by atoms with Crippen LogP contribution in [0.1, 0.15) is 44.7 Å². The topological polar surface area (TPSA) is 43.1 Å². The van der Waals surface area contributed by atoms with Gasteiger partial charge in [-0.3, -0.25) is 4.79 Å². The molecule has 1 amide bonds. The van der Waals surface area contributed by atoms with Crippen molar-refractivity contribution in [2.75, 3.05) is 0 Å². The molecule has 0 aliphatic heterocycles. The first-order valence-corrected chi connectivity index (χ1v) is 5.95. The van der Waals surface area contributed by atoms with Gasteiger partial charge in [-0.2, -0.15) is 0 Å². The van der Waals surface area contributed by atoms with Gasteiger partial charge in [0, 0.05) is 0 Å². The lowest BCUT2D eigenvalue weighted by molar-refractivity contribution is -0.106. The van der Waals surface area contributed by atoms with Crippen LogP contribution >= 0.6 is 0 Å². The summed E-state index contributed by atoms with van der Waals surface area (Å²) in [6.45, 7) is 8.36. The molecule has 1 aromatic carbocycles. The van der Waals surface area contributed by atoms with Crippen LogP contribution in [0.4, 0.5) is 0 Å². The maximum atomic E-state index is 8.58. The minimum Gasteiger partial charge on any atom is -0.372 e. The third kappa shape index (κ3) is 10.8. The van der Waals surface area contributed by atoms with Crippen molar-refractivity contribution < 1.29 is 4.79 Å². The van der Waals surface area contributed by atoms with Crippen molar-refractivity contribution >= 4 is 6.41 Å². The first-order chi connectivity index (χ1) is 7.74. The molecule has 2 nitrogen and oxygen atoms in total. The van der Waals surface area contributed by atoms with Crippen molar-refractivity contribution in [2.45, 2.75) is 47.0 Å². The largest absolute Gasteiger partial charge is 0.372 e. The quantitative estimate of drug-likeness (QED) is 0.783. The molecule has 2 heteroatoms. The molecule has 92 valence electrons. The average molecular weight is 223 g/mol. The molecule has 16 heavy (non-hydrogen) atoms. The predicted octanol–water partition coefficient (Wildman–Crippen LogP) is 3.47. The van der Waals surface area contributed by atoms with Crippen LogP contribution < -0.4 is 5.73 Å². The third-order valence-corrected chi connectivity index (χ3v) is 1.94. The molecule has 0 atom stereocenters. The van der Waals surface area contributed by atoms with Gasteiger partial charge in [0.05, 0.1) is 0 Å². The lowest BCUT2D eigenvalue weighted by Crippen LogP contribution is -1.83. The minimum atomic E-state index is 0.250. The Kier molecular flexibility index (Phi) is 14.6. The summed E-state index contributed by atoms with van der Waals surface area (Å²) >= 11 is 0. The monoisotopic (exact) mass is 223 g/mol. The van der Waals surface area contributed by atoms with E-state index in [4.69, 9.17) is 4.79 Å². The predicted molar refractivity (Wildman–Crippen MR) is 71.4 cm³/mol. The minimum absolute atomic E-state index is 0.250. The number of unbranched alkanes of at least 4 members (excludes halogenated alkanes) is 1. The molecular formula is C14H25NO. The molecule has 1 rings (SSSR count). The Balaban J connectivity index is 0. The number of nitrogens with two attached hydrogens (primary N) is 1. The summed E-state index contributed by atoms with van der Waals surface area (Å²) in [5, 5.41) is 0. The summed E-state index contributed by atoms with van der Waals surface area (Å²) in [5.74, 6) is 0. The van der Waals surface area contributed by atoms with Crippen LogP contribution in [0.5, 0.6) is 0 Å². The summed E-state index contributed by atoms with van der Waals surface area (Å²) in [4.78, 5) is 8.58. The Bertz CT molecular complexity index is 241. The molecule has 0 bridgehead atoms. The maximum absolute atomic E-state index is 8.58. The molecule has 0 heterocycles. The number of rotatable bonds is 3. The van der Waals surface area contributed by atoms with Gasteiger partial charge in [-0.25, -0.2) is 0 Å². The van der Waals surface area contributed by atoms with Crippen LogP contribution in [0.15, 0.2) is 24.3 Å². The molecule has 0 aliphatic rings. The number of benzene rings is 1. The average Bonchev–Trinajstić information content (AvgIpc) is 2.32. The fourth-order valence-electron chi connectivity index (χ4n) is 1.14. The van der Waals surface area contributed by atoms with Crippen molar-refractivity contribution in [1.82, 2.24) is 0 Å². The number of primary amides is 1. The van der Waals surface area contributed by atoms with Gasteiger partial charge in [-0.1, -0.05) is 57.0 Å². The molecule has 0 aliphatic carbocycles. The zero-order valence-electron chi connectivity index (χ0n) is 11.0. The number of amides is 1. The Hall–Kier alpha value is -1.31. The van der Waals surface area contributed by atoms with E-state index in [2.05, 4.69) is 43.8 Å². The van der Waals surface area contributed by atoms with E-state index in [-0.39, 0.29) is 6.41 Å². The van der Waals surface area contributed by atoms with E-state index in [1.165, 1.54) is 30.4 Å². The molecule has 0 fully saturated rings. The van der Waals surface area contributed by atoms with Gasteiger partial charge in [0.1, 0.15) is 0 Å². The lowest BCUT2D eigenvalue weighted by Gasteiger charge is -1.99. The highest BCUT2D eigenvalue weighted by atomic mass is 16.1. The van der Waals surface area contributed by atoms with Crippen molar-refractivity contribution in [2.24, 2.45) is 5.73 Å². The fraction of sp³-hybridized carbons (Fsp3) is 0.500. The number of aryl methyl sites for hydroxylation is 2. The van der Waals surface area contributed by atoms with E-state index in [1.807, 2.05) is 13.8 Å². The SMILES string of the molecule is CC.CCCCc1ccc(C)cc1.NC=O. The van der Waals surface area contributed by atoms with Crippen molar-refractivity contribution in [1.29, 1.82) is 0 Å². The van der Waals surface area contributed by atoms with Gasteiger partial charge in [0.2, 0.25) is 6.41 Å². The fourth-order valence-corrected chi connectivity index (χ4v) is 1.14. The second-order valence-corrected chi connectivity index (χ2v) is 3.23. The van der Waals surface area contributed by atoms with Crippen LogP contribution in [0.3, 0.4) is 0 Å². The van der Waals surface area contributed by atoms with Crippen molar-refractivity contribution in [3.63, 3.8) is 0 Å². The summed E-state index contributed by atoms with van der Waals surface area (Å²) in [7, 11) is 0. The Morgan fingerprint density at radius 2 is 1.62 bits per heavy atom. The highest BCUT2D eigenvalue weighted by Gasteiger charge is 1.90. The van der Waals surface area contributed by atoms with Gasteiger partial charge in [-0.05, 0) is 25.3 Å². The van der Waals surface area contributed by atoms with Gasteiger partial charge in [-0.15, -0.1) is 0 Å². The molecule has 0 saturated carbocycles. The number of hydrogen-bond acceptors (Lipinski definition) is 1. The first kappa shape index (κ1) is 17.1. The summed E-state index contributed by atoms with van der Waals surface area (Å²) in [6.07, 6.45) is 4.08. The van der Waals surface area contributed by atoms with E-state index in [1.54, 1.807) is 0 Å². The highest BCUT2D eigenvalue weighted by Crippen LogP contribution is 2.06. The Morgan fingerprint density at radius 3 is 2.00 bits per heavy atom. The molecule has 0 unspecified atom stereocenters. The number of hydrogen-bond donors (Lipinski definition) is 1. The van der Waals surface area contributed by atoms with E-state index in [0.29, 0.717) is 0 Å². The van der Waals surface area contributed by atoms with Crippen LogP contribution in [0.25, 0.3) is 0 Å². The van der Waals surface area contributed by atoms with Crippen LogP contribution in [-0.4, -0.2) is 6.41 Å². The lowest BCUT2D eigenvalue weighted by atomic mass is 10.1. The second-order valence-electron chi connectivity index (χ2n) is 3.23. The molecule has 1 aromatic rings. The summed E-state index contributed by atoms with van der Waals surface area (Å²) < 4.78 is 0. The Morgan fingerprint density at radius 1 is 1.19 bits per heavy atom. The second kappa shape index (κ2) is 13.7. The zero-order valence-corrected chi connectivity index (χ0v) is 11.0. The van der Waals surface area contributed by atoms with E-state index >= 15 is 0 Å². The van der Waals surface area contributed by atoms with Crippen molar-refractivity contribution in [3.05, 3.63) is 35.4 Å². The molecule has 0 aromatic heterocycles. The Labute approximate surface area is 99.9 Å². The third-order valence-electron chi connectivity index (χ3n) is 1.94. The first-order valence-electron chi connectivity index (χ1n) is 5.95. The number of carbonyl (C=O) groups excluding carboxylic acids is 1. The molecule has 2 N–H and O–H groups in total. The van der Waals surface area contributed by atoms with Crippen molar-refractivity contribution in [3.8, 4) is 0 Å². The summed E-state index contributed by atoms with van der Waals surface area (Å²) in [5.41, 5.74) is 6.99. The van der Waals surface area contributed by atoms with Crippen LogP contribution in [0, 0.1) is 6.92 Å². The molecule has 0 radical (unpaired) electrons. The van der Waals surface area contributed by atoms with Gasteiger partial charge >= 0.3 is 0 Å². The standard InChI is InChI=1S/C11H16.C2H6.CH3NO/c1-3-4-5-11-8-6-10(2)7-9-11;1-2;2-1-3/h6-9H,3-5H2,1-2H3;1-2H3;1H,(H2,2,3).